The number of para-hydroxylation sites is 1. The van der Waals surface area contributed by atoms with E-state index in [1.807, 2.05) is 35.7 Å². The van der Waals surface area contributed by atoms with E-state index in [4.69, 9.17) is 0 Å². The fourth-order valence-corrected chi connectivity index (χ4v) is 3.29. The average Bonchev–Trinajstić information content (AvgIpc) is 3.30. The molecular weight excluding hydrogens is 402 g/mol. The molecule has 0 radical (unpaired) electrons. The van der Waals surface area contributed by atoms with Crippen molar-refractivity contribution >= 4 is 40.2 Å². The lowest BCUT2D eigenvalue weighted by Crippen LogP contribution is -2.12. The quantitative estimate of drug-likeness (QED) is 0.333. The molecule has 0 aliphatic heterocycles. The maximum atomic E-state index is 12.6. The standard InChI is InChI=1S/C21H15N5O3S/c27-21(23-17-9-6-14(7-10-17)19-13-30-25-24-19)15-8-11-18(20(12-15)26(28)29)22-16-4-2-1-3-5-16/h1-13,22H,(H,23,27). The van der Waals surface area contributed by atoms with Crippen molar-refractivity contribution in [3.8, 4) is 11.3 Å². The molecule has 1 amide bonds. The van der Waals surface area contributed by atoms with Crippen LogP contribution in [0.4, 0.5) is 22.7 Å². The predicted octanol–water partition coefficient (Wildman–Crippen LogP) is 5.11. The number of nitro groups is 1. The van der Waals surface area contributed by atoms with Gasteiger partial charge in [0.2, 0.25) is 0 Å². The lowest BCUT2D eigenvalue weighted by Gasteiger charge is -2.09. The molecule has 4 aromatic rings. The number of nitro benzene ring substituents is 1. The van der Waals surface area contributed by atoms with Gasteiger partial charge in [0.15, 0.2) is 0 Å². The van der Waals surface area contributed by atoms with Crippen molar-refractivity contribution < 1.29 is 9.72 Å². The molecular formula is C21H15N5O3S. The van der Waals surface area contributed by atoms with Crippen LogP contribution in [-0.4, -0.2) is 20.4 Å². The second kappa shape index (κ2) is 8.50. The normalized spacial score (nSPS) is 10.4. The lowest BCUT2D eigenvalue weighted by molar-refractivity contribution is -0.383. The lowest BCUT2D eigenvalue weighted by atomic mass is 10.1. The number of amides is 1. The summed E-state index contributed by atoms with van der Waals surface area (Å²) in [5.74, 6) is -0.438. The van der Waals surface area contributed by atoms with Gasteiger partial charge in [0.25, 0.3) is 11.6 Å². The van der Waals surface area contributed by atoms with Gasteiger partial charge in [0.1, 0.15) is 11.4 Å². The zero-order chi connectivity index (χ0) is 20.9. The van der Waals surface area contributed by atoms with Crippen LogP contribution in [0.15, 0.2) is 78.2 Å². The van der Waals surface area contributed by atoms with Crippen LogP contribution < -0.4 is 10.6 Å². The third kappa shape index (κ3) is 4.31. The molecule has 0 atom stereocenters. The second-order valence-corrected chi connectivity index (χ2v) is 6.91. The maximum Gasteiger partial charge on any atom is 0.293 e. The van der Waals surface area contributed by atoms with Gasteiger partial charge in [-0.15, -0.1) is 5.10 Å². The summed E-state index contributed by atoms with van der Waals surface area (Å²) in [6.07, 6.45) is 0. The molecule has 0 saturated heterocycles. The number of anilines is 3. The smallest absolute Gasteiger partial charge is 0.293 e. The van der Waals surface area contributed by atoms with Crippen LogP contribution in [0.5, 0.6) is 0 Å². The number of carbonyl (C=O) groups excluding carboxylic acids is 1. The number of hydrogen-bond donors (Lipinski definition) is 2. The van der Waals surface area contributed by atoms with Crippen LogP contribution >= 0.6 is 11.5 Å². The Labute approximate surface area is 175 Å². The highest BCUT2D eigenvalue weighted by Crippen LogP contribution is 2.29. The minimum absolute atomic E-state index is 0.183. The molecule has 0 unspecified atom stereocenters. The highest BCUT2D eigenvalue weighted by atomic mass is 32.1. The summed E-state index contributed by atoms with van der Waals surface area (Å²) in [5.41, 5.74) is 3.24. The fraction of sp³-hybridized carbons (Fsp3) is 0. The zero-order valence-corrected chi connectivity index (χ0v) is 16.3. The summed E-state index contributed by atoms with van der Waals surface area (Å²) < 4.78 is 3.83. The first-order chi connectivity index (χ1) is 14.6. The molecule has 4 rings (SSSR count). The van der Waals surface area contributed by atoms with Gasteiger partial charge in [0.05, 0.1) is 4.92 Å². The molecule has 0 bridgehead atoms. The number of nitrogens with zero attached hydrogens (tertiary/aromatic N) is 3. The Kier molecular flexibility index (Phi) is 5.44. The van der Waals surface area contributed by atoms with E-state index in [-0.39, 0.29) is 11.3 Å². The van der Waals surface area contributed by atoms with Crippen molar-refractivity contribution in [3.05, 3.63) is 93.9 Å². The summed E-state index contributed by atoms with van der Waals surface area (Å²) in [6.45, 7) is 0. The Hall–Kier alpha value is -4.11. The minimum atomic E-state index is -0.515. The number of aromatic nitrogens is 2. The molecule has 30 heavy (non-hydrogen) atoms. The van der Waals surface area contributed by atoms with Crippen LogP contribution in [0.2, 0.25) is 0 Å². The van der Waals surface area contributed by atoms with Crippen LogP contribution in [0.1, 0.15) is 10.4 Å². The monoisotopic (exact) mass is 417 g/mol. The highest BCUT2D eigenvalue weighted by molar-refractivity contribution is 7.03. The van der Waals surface area contributed by atoms with E-state index in [0.717, 1.165) is 11.3 Å². The van der Waals surface area contributed by atoms with Crippen molar-refractivity contribution in [1.82, 2.24) is 9.59 Å². The maximum absolute atomic E-state index is 12.6. The van der Waals surface area contributed by atoms with E-state index in [1.165, 1.54) is 23.7 Å². The van der Waals surface area contributed by atoms with E-state index >= 15 is 0 Å². The molecule has 3 aromatic carbocycles. The number of nitrogens with one attached hydrogen (secondary N) is 2. The summed E-state index contributed by atoms with van der Waals surface area (Å²) in [6, 6.07) is 20.6. The number of carbonyl (C=O) groups is 1. The van der Waals surface area contributed by atoms with Crippen molar-refractivity contribution in [2.24, 2.45) is 0 Å². The third-order valence-electron chi connectivity index (χ3n) is 4.31. The average molecular weight is 417 g/mol. The minimum Gasteiger partial charge on any atom is -0.350 e. The van der Waals surface area contributed by atoms with Crippen LogP contribution in [0.25, 0.3) is 11.3 Å². The highest BCUT2D eigenvalue weighted by Gasteiger charge is 2.18. The largest absolute Gasteiger partial charge is 0.350 e. The van der Waals surface area contributed by atoms with Gasteiger partial charge >= 0.3 is 0 Å². The van der Waals surface area contributed by atoms with Gasteiger partial charge in [-0.1, -0.05) is 34.8 Å². The van der Waals surface area contributed by atoms with Gasteiger partial charge < -0.3 is 10.6 Å². The Morgan fingerprint density at radius 3 is 2.40 bits per heavy atom. The molecule has 2 N–H and O–H groups in total. The predicted molar refractivity (Wildman–Crippen MR) is 116 cm³/mol. The van der Waals surface area contributed by atoms with Crippen LogP contribution in [0.3, 0.4) is 0 Å². The number of rotatable bonds is 6. The van der Waals surface area contributed by atoms with E-state index in [9.17, 15) is 14.9 Å². The van der Waals surface area contributed by atoms with Gasteiger partial charge in [-0.05, 0) is 47.9 Å². The van der Waals surface area contributed by atoms with E-state index < -0.39 is 10.8 Å². The van der Waals surface area contributed by atoms with E-state index in [1.54, 1.807) is 30.3 Å². The van der Waals surface area contributed by atoms with Crippen molar-refractivity contribution in [1.29, 1.82) is 0 Å². The Bertz CT molecular complexity index is 1180. The topological polar surface area (TPSA) is 110 Å². The first-order valence-electron chi connectivity index (χ1n) is 8.89. The molecule has 148 valence electrons. The third-order valence-corrected chi connectivity index (χ3v) is 4.81. The summed E-state index contributed by atoms with van der Waals surface area (Å²) in [4.78, 5) is 23.6. The second-order valence-electron chi connectivity index (χ2n) is 6.30. The van der Waals surface area contributed by atoms with E-state index in [2.05, 4.69) is 20.2 Å². The van der Waals surface area contributed by atoms with Gasteiger partial charge in [-0.3, -0.25) is 14.9 Å². The van der Waals surface area contributed by atoms with Gasteiger partial charge in [-0.2, -0.15) is 0 Å². The molecule has 0 fully saturated rings. The van der Waals surface area contributed by atoms with Crippen molar-refractivity contribution in [2.45, 2.75) is 0 Å². The first-order valence-corrected chi connectivity index (χ1v) is 9.73. The Morgan fingerprint density at radius 2 is 1.73 bits per heavy atom. The number of benzene rings is 3. The summed E-state index contributed by atoms with van der Waals surface area (Å²) in [5, 5.41) is 23.1. The Balaban J connectivity index is 1.52. The molecule has 1 heterocycles. The molecule has 0 spiro atoms. The Morgan fingerprint density at radius 1 is 0.967 bits per heavy atom. The zero-order valence-electron chi connectivity index (χ0n) is 15.5. The van der Waals surface area contributed by atoms with Gasteiger partial charge in [-0.25, -0.2) is 0 Å². The van der Waals surface area contributed by atoms with Crippen molar-refractivity contribution in [2.75, 3.05) is 10.6 Å². The molecule has 0 aliphatic rings. The van der Waals surface area contributed by atoms with E-state index in [0.29, 0.717) is 17.1 Å². The van der Waals surface area contributed by atoms with Gasteiger partial charge in [0, 0.05) is 33.9 Å². The number of hydrogen-bond acceptors (Lipinski definition) is 7. The molecule has 8 nitrogen and oxygen atoms in total. The summed E-state index contributed by atoms with van der Waals surface area (Å²) >= 11 is 1.26. The molecule has 1 aromatic heterocycles. The fourth-order valence-electron chi connectivity index (χ4n) is 2.82. The summed E-state index contributed by atoms with van der Waals surface area (Å²) in [7, 11) is 0. The first kappa shape index (κ1) is 19.2. The van der Waals surface area contributed by atoms with Crippen LogP contribution in [0, 0.1) is 10.1 Å². The molecule has 9 heteroatoms. The SMILES string of the molecule is O=C(Nc1ccc(-c2csnn2)cc1)c1ccc(Nc2ccccc2)c([N+](=O)[O-])c1. The molecule has 0 saturated carbocycles. The van der Waals surface area contributed by atoms with Crippen LogP contribution in [-0.2, 0) is 0 Å². The molecule has 0 aliphatic carbocycles. The van der Waals surface area contributed by atoms with Crippen molar-refractivity contribution in [3.63, 3.8) is 0 Å².